The third kappa shape index (κ3) is 12.1. The van der Waals surface area contributed by atoms with Crippen molar-refractivity contribution in [3.63, 3.8) is 0 Å². The maximum atomic E-state index is 14.4. The number of carboxylic acids is 1. The lowest BCUT2D eigenvalue weighted by atomic mass is 9.95. The van der Waals surface area contributed by atoms with Crippen LogP contribution < -0.4 is 34.9 Å². The van der Waals surface area contributed by atoms with Crippen LogP contribution in [0.3, 0.4) is 0 Å². The lowest BCUT2D eigenvalue weighted by molar-refractivity contribution is -0.161. The van der Waals surface area contributed by atoms with E-state index in [1.807, 2.05) is 0 Å². The fourth-order valence-corrected chi connectivity index (χ4v) is 9.00. The Bertz CT molecular complexity index is 2430. The van der Waals surface area contributed by atoms with Gasteiger partial charge in [-0.05, 0) is 62.9 Å². The molecule has 20 nitrogen and oxygen atoms in total. The first kappa shape index (κ1) is 49.7. The molecule has 4 N–H and O–H groups in total. The number of aliphatic carboxylic acids is 1. The second-order valence-electron chi connectivity index (χ2n) is 15.7. The number of carbonyl (C=O) groups is 10. The van der Waals surface area contributed by atoms with Gasteiger partial charge < -0.3 is 49.8 Å². The van der Waals surface area contributed by atoms with Crippen LogP contribution in [0.4, 0.5) is 0 Å². The molecule has 66 heavy (non-hydrogen) atoms. The van der Waals surface area contributed by atoms with Crippen molar-refractivity contribution in [2.75, 3.05) is 19.6 Å². The van der Waals surface area contributed by atoms with Gasteiger partial charge in [0.15, 0.2) is 23.0 Å². The highest BCUT2D eigenvalue weighted by atomic mass is 32.2. The van der Waals surface area contributed by atoms with E-state index in [4.69, 9.17) is 18.9 Å². The molecule has 3 aromatic rings. The van der Waals surface area contributed by atoms with Gasteiger partial charge in [-0.1, -0.05) is 42.5 Å². The van der Waals surface area contributed by atoms with E-state index >= 15 is 0 Å². The minimum absolute atomic E-state index is 0.0664. The van der Waals surface area contributed by atoms with Gasteiger partial charge in [0.1, 0.15) is 23.5 Å². The number of ether oxygens (including phenoxy) is 4. The molecule has 5 amide bonds. The van der Waals surface area contributed by atoms with Crippen molar-refractivity contribution >= 4 is 71.1 Å². The van der Waals surface area contributed by atoms with Crippen LogP contribution in [0.5, 0.6) is 23.0 Å². The van der Waals surface area contributed by atoms with Gasteiger partial charge in [0, 0.05) is 45.5 Å². The number of thioether (sulfide) groups is 1. The highest BCUT2D eigenvalue weighted by Gasteiger charge is 2.64. The smallest absolute Gasteiger partial charge is 0.327 e. The molecule has 0 radical (unpaired) electrons. The fraction of sp³-hybridized carbons (Fsp3) is 0.378. The van der Waals surface area contributed by atoms with Crippen LogP contribution in [0, 0.1) is 0 Å². The first-order chi connectivity index (χ1) is 31.2. The monoisotopic (exact) mass is 931 g/mol. The summed E-state index contributed by atoms with van der Waals surface area (Å²) in [7, 11) is 0. The van der Waals surface area contributed by atoms with Gasteiger partial charge in [-0.2, -0.15) is 0 Å². The van der Waals surface area contributed by atoms with Crippen molar-refractivity contribution in [3.8, 4) is 23.0 Å². The van der Waals surface area contributed by atoms with Gasteiger partial charge in [-0.3, -0.25) is 43.2 Å². The Morgan fingerprint density at radius 1 is 0.742 bits per heavy atom. The number of rotatable bonds is 19. The van der Waals surface area contributed by atoms with Crippen molar-refractivity contribution in [2.24, 2.45) is 0 Å². The minimum atomic E-state index is -1.38. The minimum Gasteiger partial charge on any atom is -0.480 e. The molecule has 0 spiro atoms. The highest BCUT2D eigenvalue weighted by Crippen LogP contribution is 2.51. The number of hydrogen-bond acceptors (Lipinski definition) is 15. The Balaban J connectivity index is 1.33. The molecule has 4 atom stereocenters. The summed E-state index contributed by atoms with van der Waals surface area (Å²) in [6, 6.07) is 12.7. The van der Waals surface area contributed by atoms with Crippen molar-refractivity contribution in [1.82, 2.24) is 25.8 Å². The lowest BCUT2D eigenvalue weighted by Crippen LogP contribution is -2.71. The zero-order valence-corrected chi connectivity index (χ0v) is 37.7. The van der Waals surface area contributed by atoms with E-state index < -0.39 is 94.2 Å². The van der Waals surface area contributed by atoms with Crippen LogP contribution in [0.15, 0.2) is 66.7 Å². The molecule has 350 valence electrons. The summed E-state index contributed by atoms with van der Waals surface area (Å²) in [4.78, 5) is 131. The normalized spacial score (nSPS) is 17.2. The average Bonchev–Trinajstić information content (AvgIpc) is 3.50. The second kappa shape index (κ2) is 21.6. The number of carbonyl (C=O) groups excluding carboxylic acids is 9. The second-order valence-corrected chi connectivity index (χ2v) is 17.5. The lowest BCUT2D eigenvalue weighted by Gasteiger charge is -2.44. The van der Waals surface area contributed by atoms with E-state index in [9.17, 15) is 53.1 Å². The number of esters is 4. The van der Waals surface area contributed by atoms with E-state index in [-0.39, 0.29) is 53.6 Å². The van der Waals surface area contributed by atoms with E-state index in [1.54, 1.807) is 44.2 Å². The molecular weight excluding hydrogens is 883 g/mol. The molecule has 2 saturated heterocycles. The number of amides is 5. The molecule has 21 heteroatoms. The topological polar surface area (TPSA) is 270 Å². The number of carboxylic acid groups (broad SMARTS) is 1. The molecule has 5 rings (SSSR count). The largest absolute Gasteiger partial charge is 0.480 e. The summed E-state index contributed by atoms with van der Waals surface area (Å²) in [6.07, 6.45) is 0.975. The van der Waals surface area contributed by atoms with Gasteiger partial charge in [-0.25, -0.2) is 4.79 Å². The Morgan fingerprint density at radius 2 is 1.30 bits per heavy atom. The molecular formula is C45H49N5O15S. The molecule has 0 saturated carbocycles. The summed E-state index contributed by atoms with van der Waals surface area (Å²) < 4.78 is 20.0. The number of benzene rings is 3. The Kier molecular flexibility index (Phi) is 16.3. The van der Waals surface area contributed by atoms with Crippen LogP contribution in [0.1, 0.15) is 93.1 Å². The summed E-state index contributed by atoms with van der Waals surface area (Å²) in [5.41, 5.74) is 0.0351. The van der Waals surface area contributed by atoms with Gasteiger partial charge in [0.25, 0.3) is 11.8 Å². The molecule has 3 aromatic carbocycles. The van der Waals surface area contributed by atoms with Crippen molar-refractivity contribution in [3.05, 3.63) is 83.4 Å². The summed E-state index contributed by atoms with van der Waals surface area (Å²) >= 11 is 1.23. The number of hydrogen-bond donors (Lipinski definition) is 4. The maximum Gasteiger partial charge on any atom is 0.327 e. The fourth-order valence-electron chi connectivity index (χ4n) is 7.38. The summed E-state index contributed by atoms with van der Waals surface area (Å²) in [5, 5.41) is 17.2. The number of nitrogens with zero attached hydrogens (tertiary/aromatic N) is 2. The third-order valence-corrected chi connectivity index (χ3v) is 11.7. The molecule has 2 heterocycles. The maximum absolute atomic E-state index is 14.4. The van der Waals surface area contributed by atoms with Gasteiger partial charge in [0.05, 0.1) is 17.7 Å². The van der Waals surface area contributed by atoms with Crippen molar-refractivity contribution in [2.45, 2.75) is 89.1 Å². The Hall–Kier alpha value is -7.29. The molecule has 2 aliphatic rings. The van der Waals surface area contributed by atoms with Crippen LogP contribution in [0.2, 0.25) is 0 Å². The average molecular weight is 932 g/mol. The molecule has 2 aliphatic heterocycles. The Morgan fingerprint density at radius 3 is 1.86 bits per heavy atom. The first-order valence-electron chi connectivity index (χ1n) is 20.6. The van der Waals surface area contributed by atoms with Gasteiger partial charge in [0.2, 0.25) is 17.7 Å². The van der Waals surface area contributed by atoms with E-state index in [1.165, 1.54) is 53.1 Å². The van der Waals surface area contributed by atoms with E-state index in [0.717, 1.165) is 32.6 Å². The standard InChI is InChI=1S/C45H49N5O15S/c1-24(51)62-31-19-13-17-29(36(31)64-26(3)53)39(56)46-21-11-8-12-22-49(41(58)30-18-14-20-32(63-25(2)52)37(30)65-27(4)54)23-33(55)47-34(28-15-9-7-10-16-28)40(57)48-35-42(59)50-38(44(60)61)45(5,6)66-43(35)50/h7,9-10,13-20,34-35,38,43H,8,11-12,21-23H2,1-6H3,(H,46,56)(H,47,55)(H,48,57)(H,60,61)/t34?,35-,38+,43-/m1/s1. The van der Waals surface area contributed by atoms with Crippen LogP contribution >= 0.6 is 11.8 Å². The summed E-state index contributed by atoms with van der Waals surface area (Å²) in [6.45, 7) is 7.22. The number of para-hydroxylation sites is 2. The van der Waals surface area contributed by atoms with Gasteiger partial charge >= 0.3 is 29.8 Å². The van der Waals surface area contributed by atoms with E-state index in [2.05, 4.69) is 16.0 Å². The number of nitrogens with one attached hydrogen (secondary N) is 3. The predicted molar refractivity (Wildman–Crippen MR) is 233 cm³/mol. The molecule has 0 aromatic heterocycles. The zero-order valence-electron chi connectivity index (χ0n) is 36.9. The number of unbranched alkanes of at least 4 members (excludes halogenated alkanes) is 2. The predicted octanol–water partition coefficient (Wildman–Crippen LogP) is 2.92. The van der Waals surface area contributed by atoms with Crippen LogP contribution in [-0.4, -0.2) is 116 Å². The van der Waals surface area contributed by atoms with Crippen molar-refractivity contribution < 1.29 is 72.0 Å². The SMILES string of the molecule is CC(=O)Oc1cccc(C(=O)NCCCCCN(CC(=O)NC(C(=O)N[C@@H]2C(=O)N3[C@@H]2SC(C)(C)[C@@H]3C(=O)O)c2ccccc2)C(=O)c2cccc(OC(C)=O)c2OC(C)=O)c1OC(C)=O. The molecule has 1 unspecified atom stereocenters. The highest BCUT2D eigenvalue weighted by molar-refractivity contribution is 8.01. The quantitative estimate of drug-likeness (QED) is 0.0582. The molecule has 0 bridgehead atoms. The van der Waals surface area contributed by atoms with Gasteiger partial charge in [-0.15, -0.1) is 11.8 Å². The Labute approximate surface area is 383 Å². The number of fused-ring (bicyclic) bond motifs is 1. The summed E-state index contributed by atoms with van der Waals surface area (Å²) in [5.74, 6) is -8.82. The zero-order chi connectivity index (χ0) is 48.5. The first-order valence-corrected chi connectivity index (χ1v) is 21.5. The van der Waals surface area contributed by atoms with Crippen molar-refractivity contribution in [1.29, 1.82) is 0 Å². The third-order valence-electron chi connectivity index (χ3n) is 10.1. The number of β-lactam (4-membered cyclic amide) rings is 1. The van der Waals surface area contributed by atoms with Crippen LogP contribution in [-0.2, 0) is 38.4 Å². The van der Waals surface area contributed by atoms with E-state index in [0.29, 0.717) is 18.4 Å². The molecule has 0 aliphatic carbocycles. The molecule has 2 fully saturated rings. The van der Waals surface area contributed by atoms with Crippen LogP contribution in [0.25, 0.3) is 0 Å².